The third kappa shape index (κ3) is 4.53. The van der Waals surface area contributed by atoms with E-state index < -0.39 is 0 Å². The van der Waals surface area contributed by atoms with Crippen LogP contribution in [0.4, 0.5) is 5.69 Å². The molecule has 0 unspecified atom stereocenters. The minimum absolute atomic E-state index is 0.590. The summed E-state index contributed by atoms with van der Waals surface area (Å²) >= 11 is 13.4. The second-order valence-electron chi connectivity index (χ2n) is 3.84. The molecule has 2 aromatic carbocycles. The molecule has 0 bridgehead atoms. The van der Waals surface area contributed by atoms with Crippen LogP contribution in [0.1, 0.15) is 0 Å². The van der Waals surface area contributed by atoms with Crippen LogP contribution in [0.3, 0.4) is 0 Å². The van der Waals surface area contributed by atoms with E-state index in [1.54, 1.807) is 23.9 Å². The Labute approximate surface area is 126 Å². The largest absolute Gasteiger partial charge is 0.493 e. The average Bonchev–Trinajstić information content (AvgIpc) is 2.37. The lowest BCUT2D eigenvalue weighted by Gasteiger charge is -2.08. The molecule has 0 atom stereocenters. The van der Waals surface area contributed by atoms with E-state index in [1.807, 2.05) is 30.3 Å². The van der Waals surface area contributed by atoms with Crippen LogP contribution in [-0.4, -0.2) is 12.4 Å². The van der Waals surface area contributed by atoms with Crippen LogP contribution in [0.5, 0.6) is 5.75 Å². The number of hydrogen-bond acceptors (Lipinski definition) is 3. The van der Waals surface area contributed by atoms with Gasteiger partial charge in [-0.1, -0.05) is 29.3 Å². The molecule has 0 aromatic heterocycles. The first-order valence-electron chi connectivity index (χ1n) is 5.71. The maximum absolute atomic E-state index is 5.87. The first-order valence-corrected chi connectivity index (χ1v) is 7.45. The minimum atomic E-state index is 0.590. The van der Waals surface area contributed by atoms with Crippen molar-refractivity contribution in [2.75, 3.05) is 18.1 Å². The molecule has 0 saturated carbocycles. The van der Waals surface area contributed by atoms with Gasteiger partial charge in [-0.15, -0.1) is 11.8 Å². The van der Waals surface area contributed by atoms with E-state index in [9.17, 15) is 0 Å². The van der Waals surface area contributed by atoms with Gasteiger partial charge in [0.1, 0.15) is 5.75 Å². The SMILES string of the molecule is Nc1cc(Cl)ccc1SCCOc1cccc(Cl)c1. The standard InChI is InChI=1S/C14H13Cl2NOS/c15-10-2-1-3-12(8-10)18-6-7-19-14-5-4-11(16)9-13(14)17/h1-5,8-9H,6-7,17H2. The fraction of sp³-hybridized carbons (Fsp3) is 0.143. The zero-order chi connectivity index (χ0) is 13.7. The Morgan fingerprint density at radius 3 is 2.58 bits per heavy atom. The lowest BCUT2D eigenvalue weighted by molar-refractivity contribution is 0.344. The van der Waals surface area contributed by atoms with Gasteiger partial charge in [0.05, 0.1) is 6.61 Å². The van der Waals surface area contributed by atoms with E-state index in [-0.39, 0.29) is 0 Å². The van der Waals surface area contributed by atoms with E-state index in [0.29, 0.717) is 22.3 Å². The van der Waals surface area contributed by atoms with E-state index >= 15 is 0 Å². The van der Waals surface area contributed by atoms with Crippen molar-refractivity contribution in [1.82, 2.24) is 0 Å². The number of nitrogens with two attached hydrogens (primary N) is 1. The molecule has 0 radical (unpaired) electrons. The summed E-state index contributed by atoms with van der Waals surface area (Å²) in [6.07, 6.45) is 0. The monoisotopic (exact) mass is 313 g/mol. The van der Waals surface area contributed by atoms with E-state index in [4.69, 9.17) is 33.7 Å². The molecule has 19 heavy (non-hydrogen) atoms. The number of benzene rings is 2. The Bertz CT molecular complexity index is 563. The maximum Gasteiger partial charge on any atom is 0.120 e. The molecule has 0 aliphatic heterocycles. The number of halogens is 2. The number of ether oxygens (including phenoxy) is 1. The van der Waals surface area contributed by atoms with Gasteiger partial charge in [-0.25, -0.2) is 0 Å². The zero-order valence-electron chi connectivity index (χ0n) is 10.1. The van der Waals surface area contributed by atoms with Crippen molar-refractivity contribution in [2.24, 2.45) is 0 Å². The van der Waals surface area contributed by atoms with Crippen molar-refractivity contribution in [2.45, 2.75) is 4.90 Å². The van der Waals surface area contributed by atoms with Gasteiger partial charge < -0.3 is 10.5 Å². The summed E-state index contributed by atoms with van der Waals surface area (Å²) in [5.41, 5.74) is 6.57. The summed E-state index contributed by atoms with van der Waals surface area (Å²) in [6.45, 7) is 0.590. The summed E-state index contributed by atoms with van der Waals surface area (Å²) in [4.78, 5) is 1.01. The van der Waals surface area contributed by atoms with Crippen LogP contribution in [0.25, 0.3) is 0 Å². The van der Waals surface area contributed by atoms with Crippen LogP contribution in [0.15, 0.2) is 47.4 Å². The Balaban J connectivity index is 1.81. The van der Waals surface area contributed by atoms with Crippen molar-refractivity contribution in [1.29, 1.82) is 0 Å². The molecule has 0 amide bonds. The highest BCUT2D eigenvalue weighted by atomic mass is 35.5. The van der Waals surface area contributed by atoms with Gasteiger partial charge in [-0.05, 0) is 36.4 Å². The van der Waals surface area contributed by atoms with Crippen molar-refractivity contribution >= 4 is 40.7 Å². The van der Waals surface area contributed by atoms with Gasteiger partial charge in [0.15, 0.2) is 0 Å². The fourth-order valence-corrected chi connectivity index (χ4v) is 2.66. The molecule has 0 spiro atoms. The molecule has 2 aromatic rings. The Morgan fingerprint density at radius 1 is 1.05 bits per heavy atom. The van der Waals surface area contributed by atoms with Crippen molar-refractivity contribution in [3.05, 3.63) is 52.5 Å². The quantitative estimate of drug-likeness (QED) is 0.491. The predicted octanol–water partition coefficient (Wildman–Crippen LogP) is 4.75. The molecule has 100 valence electrons. The van der Waals surface area contributed by atoms with Gasteiger partial charge in [-0.3, -0.25) is 0 Å². The number of nitrogen functional groups attached to an aromatic ring is 1. The van der Waals surface area contributed by atoms with Crippen molar-refractivity contribution in [3.63, 3.8) is 0 Å². The highest BCUT2D eigenvalue weighted by Crippen LogP contribution is 2.27. The van der Waals surface area contributed by atoms with Gasteiger partial charge in [0, 0.05) is 26.4 Å². The molecule has 2 nitrogen and oxygen atoms in total. The van der Waals surface area contributed by atoms with Crippen LogP contribution >= 0.6 is 35.0 Å². The van der Waals surface area contributed by atoms with Crippen LogP contribution in [0, 0.1) is 0 Å². The predicted molar refractivity (Wildman–Crippen MR) is 83.5 cm³/mol. The summed E-state index contributed by atoms with van der Waals surface area (Å²) in [5, 5.41) is 1.32. The Kier molecular flexibility index (Phi) is 5.25. The Hall–Kier alpha value is -1.03. The van der Waals surface area contributed by atoms with Crippen molar-refractivity contribution < 1.29 is 4.74 Å². The van der Waals surface area contributed by atoms with E-state index in [2.05, 4.69) is 0 Å². The topological polar surface area (TPSA) is 35.2 Å². The number of anilines is 1. The third-order valence-corrected chi connectivity index (χ3v) is 3.90. The van der Waals surface area contributed by atoms with Crippen LogP contribution in [-0.2, 0) is 0 Å². The van der Waals surface area contributed by atoms with Gasteiger partial charge >= 0.3 is 0 Å². The molecular formula is C14H13Cl2NOS. The highest BCUT2D eigenvalue weighted by molar-refractivity contribution is 7.99. The third-order valence-electron chi connectivity index (χ3n) is 2.38. The molecule has 2 N–H and O–H groups in total. The van der Waals surface area contributed by atoms with Gasteiger partial charge in [0.2, 0.25) is 0 Å². The summed E-state index contributed by atoms with van der Waals surface area (Å²) < 4.78 is 5.60. The zero-order valence-corrected chi connectivity index (χ0v) is 12.4. The van der Waals surface area contributed by atoms with E-state index in [0.717, 1.165) is 16.4 Å². The molecule has 0 aliphatic rings. The molecule has 0 aliphatic carbocycles. The second kappa shape index (κ2) is 6.94. The highest BCUT2D eigenvalue weighted by Gasteiger charge is 2.01. The number of rotatable bonds is 5. The lowest BCUT2D eigenvalue weighted by Crippen LogP contribution is -2.00. The van der Waals surface area contributed by atoms with Crippen molar-refractivity contribution in [3.8, 4) is 5.75 Å². The summed E-state index contributed by atoms with van der Waals surface area (Å²) in [5.74, 6) is 1.58. The lowest BCUT2D eigenvalue weighted by atomic mass is 10.3. The first kappa shape index (κ1) is 14.4. The van der Waals surface area contributed by atoms with Crippen LogP contribution < -0.4 is 10.5 Å². The normalized spacial score (nSPS) is 10.4. The Morgan fingerprint density at radius 2 is 1.84 bits per heavy atom. The van der Waals surface area contributed by atoms with E-state index in [1.165, 1.54) is 0 Å². The van der Waals surface area contributed by atoms with Gasteiger partial charge in [0.25, 0.3) is 0 Å². The molecular weight excluding hydrogens is 301 g/mol. The first-order chi connectivity index (χ1) is 9.15. The molecule has 0 saturated heterocycles. The average molecular weight is 314 g/mol. The number of hydrogen-bond donors (Lipinski definition) is 1. The minimum Gasteiger partial charge on any atom is -0.493 e. The summed E-state index contributed by atoms with van der Waals surface area (Å²) in [7, 11) is 0. The van der Waals surface area contributed by atoms with Gasteiger partial charge in [-0.2, -0.15) is 0 Å². The van der Waals surface area contributed by atoms with Crippen LogP contribution in [0.2, 0.25) is 10.0 Å². The summed E-state index contributed by atoms with van der Waals surface area (Å²) in [6, 6.07) is 12.9. The molecule has 0 fully saturated rings. The molecule has 0 heterocycles. The fourth-order valence-electron chi connectivity index (χ4n) is 1.52. The number of thioether (sulfide) groups is 1. The second-order valence-corrected chi connectivity index (χ2v) is 5.85. The maximum atomic E-state index is 5.87. The molecule has 2 rings (SSSR count). The smallest absolute Gasteiger partial charge is 0.120 e. The molecule has 5 heteroatoms.